The summed E-state index contributed by atoms with van der Waals surface area (Å²) in [5.41, 5.74) is 2.52. The molecule has 0 radical (unpaired) electrons. The number of nitrogens with zero attached hydrogens (tertiary/aromatic N) is 1. The number of nitrogens with one attached hydrogen (secondary N) is 2. The topological polar surface area (TPSA) is 40.3 Å². The van der Waals surface area contributed by atoms with E-state index >= 15 is 0 Å². The summed E-state index contributed by atoms with van der Waals surface area (Å²) >= 11 is 0. The fourth-order valence-corrected chi connectivity index (χ4v) is 2.78. The van der Waals surface area contributed by atoms with E-state index in [1.807, 2.05) is 6.20 Å². The molecule has 2 heterocycles. The summed E-state index contributed by atoms with van der Waals surface area (Å²) in [4.78, 5) is 5.67. The Morgan fingerprint density at radius 2 is 2.35 bits per heavy atom. The third kappa shape index (κ3) is 3.20. The normalized spacial score (nSPS) is 20.6. The number of likely N-dealkylation sites (N-methyl/N-ethyl adjacent to an activating group) is 1. The number of rotatable bonds is 5. The van der Waals surface area contributed by atoms with Crippen molar-refractivity contribution in [3.05, 3.63) is 36.0 Å². The molecule has 1 saturated heterocycles. The van der Waals surface area contributed by atoms with Crippen LogP contribution in [-0.4, -0.2) is 48.8 Å². The van der Waals surface area contributed by atoms with Crippen molar-refractivity contribution in [2.24, 2.45) is 0 Å². The van der Waals surface area contributed by atoms with E-state index < -0.39 is 0 Å². The first kappa shape index (κ1) is 13.6. The second-order valence-corrected chi connectivity index (χ2v) is 5.42. The first-order valence-corrected chi connectivity index (χ1v) is 7.46. The molecule has 2 N–H and O–H groups in total. The van der Waals surface area contributed by atoms with Gasteiger partial charge in [0.2, 0.25) is 0 Å². The molecule has 0 saturated carbocycles. The van der Waals surface area contributed by atoms with E-state index in [0.29, 0.717) is 6.10 Å². The van der Waals surface area contributed by atoms with Gasteiger partial charge in [-0.2, -0.15) is 0 Å². The zero-order chi connectivity index (χ0) is 13.8. The van der Waals surface area contributed by atoms with Crippen molar-refractivity contribution < 1.29 is 4.74 Å². The monoisotopic (exact) mass is 273 g/mol. The Bertz CT molecular complexity index is 551. The summed E-state index contributed by atoms with van der Waals surface area (Å²) < 4.78 is 5.80. The Hall–Kier alpha value is -1.36. The maximum Gasteiger partial charge on any atom is 0.0826 e. The van der Waals surface area contributed by atoms with Gasteiger partial charge in [0.25, 0.3) is 0 Å². The molecule has 0 spiro atoms. The zero-order valence-electron chi connectivity index (χ0n) is 12.1. The van der Waals surface area contributed by atoms with Gasteiger partial charge in [-0.3, -0.25) is 4.90 Å². The minimum atomic E-state index is 0.319. The SMILES string of the molecule is CCN1CCOC(CNCc2ccc3[nH]ccc3c2)C1. The van der Waals surface area contributed by atoms with Crippen molar-refractivity contribution in [2.45, 2.75) is 19.6 Å². The number of hydrogen-bond acceptors (Lipinski definition) is 3. The highest BCUT2D eigenvalue weighted by Crippen LogP contribution is 2.14. The maximum absolute atomic E-state index is 5.80. The summed E-state index contributed by atoms with van der Waals surface area (Å²) in [6.45, 7) is 8.10. The molecular weight excluding hydrogens is 250 g/mol. The molecule has 0 amide bonds. The summed E-state index contributed by atoms with van der Waals surface area (Å²) in [5, 5.41) is 4.78. The average molecular weight is 273 g/mol. The van der Waals surface area contributed by atoms with Gasteiger partial charge in [0, 0.05) is 37.9 Å². The van der Waals surface area contributed by atoms with Gasteiger partial charge in [-0.1, -0.05) is 13.0 Å². The predicted octanol–water partition coefficient (Wildman–Crippen LogP) is 1.98. The molecular formula is C16H23N3O. The predicted molar refractivity (Wildman–Crippen MR) is 81.9 cm³/mol. The molecule has 1 unspecified atom stereocenters. The zero-order valence-corrected chi connectivity index (χ0v) is 12.1. The quantitative estimate of drug-likeness (QED) is 0.875. The maximum atomic E-state index is 5.80. The third-order valence-corrected chi connectivity index (χ3v) is 3.99. The van der Waals surface area contributed by atoms with Crippen molar-refractivity contribution in [1.82, 2.24) is 15.2 Å². The Morgan fingerprint density at radius 1 is 1.40 bits per heavy atom. The number of ether oxygens (including phenoxy) is 1. The van der Waals surface area contributed by atoms with E-state index in [1.54, 1.807) is 0 Å². The van der Waals surface area contributed by atoms with Gasteiger partial charge >= 0.3 is 0 Å². The van der Waals surface area contributed by atoms with Crippen molar-refractivity contribution >= 4 is 10.9 Å². The van der Waals surface area contributed by atoms with Crippen LogP contribution in [0.15, 0.2) is 30.5 Å². The van der Waals surface area contributed by atoms with Crippen LogP contribution >= 0.6 is 0 Å². The Labute approximate surface area is 120 Å². The highest BCUT2D eigenvalue weighted by Gasteiger charge is 2.18. The van der Waals surface area contributed by atoms with Crippen LogP contribution in [-0.2, 0) is 11.3 Å². The number of aromatic nitrogens is 1. The van der Waals surface area contributed by atoms with Crippen LogP contribution in [0.5, 0.6) is 0 Å². The van der Waals surface area contributed by atoms with Gasteiger partial charge < -0.3 is 15.0 Å². The first-order valence-electron chi connectivity index (χ1n) is 7.46. The molecule has 1 aromatic carbocycles. The number of morpholine rings is 1. The van der Waals surface area contributed by atoms with Gasteiger partial charge in [-0.25, -0.2) is 0 Å². The van der Waals surface area contributed by atoms with Crippen molar-refractivity contribution in [3.63, 3.8) is 0 Å². The molecule has 3 rings (SSSR count). The Balaban J connectivity index is 1.49. The van der Waals surface area contributed by atoms with Crippen LogP contribution in [0, 0.1) is 0 Å². The fourth-order valence-electron chi connectivity index (χ4n) is 2.78. The van der Waals surface area contributed by atoms with Crippen LogP contribution in [0.4, 0.5) is 0 Å². The molecule has 20 heavy (non-hydrogen) atoms. The van der Waals surface area contributed by atoms with Crippen LogP contribution in [0.2, 0.25) is 0 Å². The lowest BCUT2D eigenvalue weighted by atomic mass is 10.1. The van der Waals surface area contributed by atoms with Crippen molar-refractivity contribution in [3.8, 4) is 0 Å². The van der Waals surface area contributed by atoms with Gasteiger partial charge in [0.1, 0.15) is 0 Å². The Morgan fingerprint density at radius 3 is 3.25 bits per heavy atom. The highest BCUT2D eigenvalue weighted by molar-refractivity contribution is 5.79. The third-order valence-electron chi connectivity index (χ3n) is 3.99. The lowest BCUT2D eigenvalue weighted by Crippen LogP contribution is -2.46. The molecule has 0 aliphatic carbocycles. The van der Waals surface area contributed by atoms with E-state index in [4.69, 9.17) is 4.74 Å². The number of aromatic amines is 1. The van der Waals surface area contributed by atoms with Crippen LogP contribution < -0.4 is 5.32 Å². The van der Waals surface area contributed by atoms with E-state index in [2.05, 4.69) is 46.4 Å². The summed E-state index contributed by atoms with van der Waals surface area (Å²) in [7, 11) is 0. The molecule has 1 atom stereocenters. The molecule has 0 bridgehead atoms. The summed E-state index contributed by atoms with van der Waals surface area (Å²) in [5.74, 6) is 0. The molecule has 1 aliphatic heterocycles. The molecule has 108 valence electrons. The van der Waals surface area contributed by atoms with Crippen molar-refractivity contribution in [1.29, 1.82) is 0 Å². The largest absolute Gasteiger partial charge is 0.374 e. The molecule has 1 aliphatic rings. The van der Waals surface area contributed by atoms with E-state index in [0.717, 1.165) is 39.3 Å². The molecule has 1 fully saturated rings. The first-order chi connectivity index (χ1) is 9.85. The van der Waals surface area contributed by atoms with Crippen LogP contribution in [0.1, 0.15) is 12.5 Å². The number of hydrogen-bond donors (Lipinski definition) is 2. The lowest BCUT2D eigenvalue weighted by molar-refractivity contribution is -0.0253. The summed E-state index contributed by atoms with van der Waals surface area (Å²) in [6.07, 6.45) is 2.30. The van der Waals surface area contributed by atoms with Gasteiger partial charge in [-0.05, 0) is 35.7 Å². The molecule has 2 aromatic rings. The van der Waals surface area contributed by atoms with Crippen LogP contribution in [0.3, 0.4) is 0 Å². The van der Waals surface area contributed by atoms with Gasteiger partial charge in [0.05, 0.1) is 12.7 Å². The average Bonchev–Trinajstić information content (AvgIpc) is 2.95. The summed E-state index contributed by atoms with van der Waals surface area (Å²) in [6, 6.07) is 8.66. The Kier molecular flexibility index (Phi) is 4.35. The van der Waals surface area contributed by atoms with Gasteiger partial charge in [0.15, 0.2) is 0 Å². The minimum absolute atomic E-state index is 0.319. The van der Waals surface area contributed by atoms with E-state index in [1.165, 1.54) is 16.5 Å². The smallest absolute Gasteiger partial charge is 0.0826 e. The fraction of sp³-hybridized carbons (Fsp3) is 0.500. The van der Waals surface area contributed by atoms with Gasteiger partial charge in [-0.15, -0.1) is 0 Å². The number of H-pyrrole nitrogens is 1. The lowest BCUT2D eigenvalue weighted by Gasteiger charge is -2.32. The number of fused-ring (bicyclic) bond motifs is 1. The highest BCUT2D eigenvalue weighted by atomic mass is 16.5. The molecule has 4 nitrogen and oxygen atoms in total. The number of benzene rings is 1. The molecule has 4 heteroatoms. The minimum Gasteiger partial charge on any atom is -0.374 e. The van der Waals surface area contributed by atoms with E-state index in [9.17, 15) is 0 Å². The second-order valence-electron chi connectivity index (χ2n) is 5.42. The van der Waals surface area contributed by atoms with Crippen LogP contribution in [0.25, 0.3) is 10.9 Å². The second kappa shape index (κ2) is 6.39. The van der Waals surface area contributed by atoms with Crippen molar-refractivity contribution in [2.75, 3.05) is 32.8 Å². The molecule has 1 aromatic heterocycles. The van der Waals surface area contributed by atoms with E-state index in [-0.39, 0.29) is 0 Å². The standard InChI is InChI=1S/C16H23N3O/c1-2-19-7-8-20-15(12-19)11-17-10-13-3-4-16-14(9-13)5-6-18-16/h3-6,9,15,17-18H,2,7-8,10-12H2,1H3.